The molecule has 0 radical (unpaired) electrons. The fraction of sp³-hybridized carbons (Fsp3) is 0.143. The number of aliphatic carboxylic acids is 2. The zero-order chi connectivity index (χ0) is 30.2. The third-order valence-corrected chi connectivity index (χ3v) is 5.80. The number of carboxylic acid groups (broad SMARTS) is 2. The first-order chi connectivity index (χ1) is 18.9. The van der Waals surface area contributed by atoms with Crippen molar-refractivity contribution in [1.82, 2.24) is 4.90 Å². The summed E-state index contributed by atoms with van der Waals surface area (Å²) in [5.74, 6) is -1.87. The molecular weight excluding hydrogens is 580 g/mol. The van der Waals surface area contributed by atoms with Gasteiger partial charge in [0.15, 0.2) is 0 Å². The van der Waals surface area contributed by atoms with Crippen LogP contribution in [0, 0.1) is 28.5 Å². The lowest BCUT2D eigenvalue weighted by Gasteiger charge is -2.17. The Morgan fingerprint density at radius 2 is 1.50 bits per heavy atom. The molecule has 0 aromatic heterocycles. The molecule has 0 saturated heterocycles. The summed E-state index contributed by atoms with van der Waals surface area (Å²) in [4.78, 5) is 22.3. The van der Waals surface area contributed by atoms with Gasteiger partial charge in [-0.05, 0) is 62.3 Å². The highest BCUT2D eigenvalue weighted by atomic mass is 35.5. The molecule has 3 aromatic rings. The van der Waals surface area contributed by atoms with E-state index in [2.05, 4.69) is 17.0 Å². The van der Waals surface area contributed by atoms with Crippen LogP contribution in [-0.4, -0.2) is 47.4 Å². The summed E-state index contributed by atoms with van der Waals surface area (Å²) in [6.45, 7) is 0.827. The Hall–Kier alpha value is -4.06. The van der Waals surface area contributed by atoms with E-state index in [1.54, 1.807) is 36.0 Å². The van der Waals surface area contributed by atoms with Crippen molar-refractivity contribution >= 4 is 46.9 Å². The van der Waals surface area contributed by atoms with Gasteiger partial charge in [-0.3, -0.25) is 0 Å². The van der Waals surface area contributed by atoms with Gasteiger partial charge in [-0.1, -0.05) is 35.3 Å². The molecule has 0 fully saturated rings. The summed E-state index contributed by atoms with van der Waals surface area (Å²) in [5, 5.41) is 34.0. The third-order valence-electron chi connectivity index (χ3n) is 4.46. The van der Waals surface area contributed by atoms with E-state index in [9.17, 15) is 19.2 Å². The average Bonchev–Trinajstić information content (AvgIpc) is 2.88. The predicted molar refractivity (Wildman–Crippen MR) is 152 cm³/mol. The summed E-state index contributed by atoms with van der Waals surface area (Å²) in [5.41, 5.74) is 1.68. The van der Waals surface area contributed by atoms with Gasteiger partial charge in [0.1, 0.15) is 29.5 Å². The Labute approximate surface area is 245 Å². The van der Waals surface area contributed by atoms with Crippen LogP contribution in [0.1, 0.15) is 16.7 Å². The van der Waals surface area contributed by atoms with Crippen molar-refractivity contribution in [2.45, 2.75) is 11.4 Å². The van der Waals surface area contributed by atoms with Gasteiger partial charge in [0, 0.05) is 34.8 Å². The van der Waals surface area contributed by atoms with Gasteiger partial charge in [0.25, 0.3) is 0 Å². The highest BCUT2D eigenvalue weighted by molar-refractivity contribution is 7.98. The number of carboxylic acids is 2. The van der Waals surface area contributed by atoms with Crippen LogP contribution in [0.3, 0.4) is 0 Å². The van der Waals surface area contributed by atoms with Crippen LogP contribution < -0.4 is 4.74 Å². The van der Waals surface area contributed by atoms with Crippen LogP contribution in [0.15, 0.2) is 71.6 Å². The van der Waals surface area contributed by atoms with E-state index in [4.69, 9.17) is 43.4 Å². The minimum absolute atomic E-state index is 0.0180. The van der Waals surface area contributed by atoms with Gasteiger partial charge in [0.2, 0.25) is 0 Å². The molecule has 0 atom stereocenters. The first-order valence-corrected chi connectivity index (χ1v) is 13.1. The molecule has 2 N–H and O–H groups in total. The molecule has 0 amide bonds. The van der Waals surface area contributed by atoms with Gasteiger partial charge >= 0.3 is 11.9 Å². The quantitative estimate of drug-likeness (QED) is 0.219. The van der Waals surface area contributed by atoms with Crippen LogP contribution in [0.4, 0.5) is 4.39 Å². The Bertz CT molecular complexity index is 1440. The number of carbonyl (C=O) groups is 2. The van der Waals surface area contributed by atoms with Gasteiger partial charge in [-0.25, -0.2) is 14.0 Å². The summed E-state index contributed by atoms with van der Waals surface area (Å²) in [6, 6.07) is 18.7. The molecule has 0 aliphatic rings. The summed E-state index contributed by atoms with van der Waals surface area (Å²) >= 11 is 13.1. The van der Waals surface area contributed by atoms with E-state index in [0.717, 1.165) is 23.3 Å². The molecular formula is C28H24Cl2FN3O5S. The largest absolute Gasteiger partial charge is 0.478 e. The van der Waals surface area contributed by atoms with Gasteiger partial charge < -0.3 is 19.8 Å². The van der Waals surface area contributed by atoms with E-state index in [1.165, 1.54) is 17.7 Å². The Morgan fingerprint density at radius 3 is 1.98 bits per heavy atom. The smallest absolute Gasteiger partial charge is 0.328 e. The maximum absolute atomic E-state index is 12.5. The molecule has 8 nitrogen and oxygen atoms in total. The minimum atomic E-state index is -1.26. The van der Waals surface area contributed by atoms with Crippen molar-refractivity contribution in [3.05, 3.63) is 99.3 Å². The highest BCUT2D eigenvalue weighted by Gasteiger charge is 2.13. The van der Waals surface area contributed by atoms with E-state index >= 15 is 0 Å². The summed E-state index contributed by atoms with van der Waals surface area (Å²) in [7, 11) is 4.06. The fourth-order valence-corrected chi connectivity index (χ4v) is 3.88. The van der Waals surface area contributed by atoms with E-state index in [1.807, 2.05) is 32.5 Å². The maximum atomic E-state index is 12.5. The van der Waals surface area contributed by atoms with Crippen LogP contribution >= 0.6 is 35.0 Å². The van der Waals surface area contributed by atoms with Crippen LogP contribution in [0.5, 0.6) is 11.5 Å². The Kier molecular flexibility index (Phi) is 14.9. The molecule has 0 bridgehead atoms. The standard InChI is InChI=1S/C17H17ClN2OS.C7H3ClFN.C4H4O4/c1-20(2)11-13-5-4-6-15(17(13)22-3)21-16-9-14(18)8-7-12(16)10-19;8-6-2-1-5(4-10)7(9)3-6;5-3(6)1-2-4(7)8/h4-9H,11H2,1-3H3;1-3H;1-2H,(H,5,6)(H,7,8). The second-order valence-corrected chi connectivity index (χ2v) is 9.48. The van der Waals surface area contributed by atoms with E-state index in [0.29, 0.717) is 33.5 Å². The number of hydrogen-bond donors (Lipinski definition) is 2. The van der Waals surface area contributed by atoms with E-state index in [-0.39, 0.29) is 5.56 Å². The summed E-state index contributed by atoms with van der Waals surface area (Å²) in [6.07, 6.45) is 3.13. The number of nitrogens with zero attached hydrogens (tertiary/aromatic N) is 3. The second kappa shape index (κ2) is 17.5. The Morgan fingerprint density at radius 1 is 0.950 bits per heavy atom. The first kappa shape index (κ1) is 34.0. The molecule has 0 spiro atoms. The third kappa shape index (κ3) is 12.2. The molecule has 208 valence electrons. The van der Waals surface area contributed by atoms with Gasteiger partial charge in [0.05, 0.1) is 16.0 Å². The zero-order valence-electron chi connectivity index (χ0n) is 21.6. The normalized spacial score (nSPS) is 9.93. The van der Waals surface area contributed by atoms with Crippen LogP contribution in [0.25, 0.3) is 0 Å². The minimum Gasteiger partial charge on any atom is -0.478 e. The van der Waals surface area contributed by atoms with Gasteiger partial charge in [-0.15, -0.1) is 11.8 Å². The monoisotopic (exact) mass is 603 g/mol. The number of nitriles is 2. The SMILES string of the molecule is CSc1c(CN(C)C)cccc1Oc1cc(Cl)ccc1C#N.N#Cc1ccc(Cl)cc1F.O=C(O)C=CC(=O)O. The van der Waals surface area contributed by atoms with Crippen molar-refractivity contribution in [1.29, 1.82) is 10.5 Å². The lowest BCUT2D eigenvalue weighted by molar-refractivity contribution is -0.134. The van der Waals surface area contributed by atoms with Crippen molar-refractivity contribution < 1.29 is 28.9 Å². The molecule has 0 heterocycles. The molecule has 3 aromatic carbocycles. The maximum Gasteiger partial charge on any atom is 0.328 e. The lowest BCUT2D eigenvalue weighted by Crippen LogP contribution is -2.11. The average molecular weight is 604 g/mol. The first-order valence-electron chi connectivity index (χ1n) is 11.1. The molecule has 12 heteroatoms. The summed E-state index contributed by atoms with van der Waals surface area (Å²) < 4.78 is 18.5. The number of thioether (sulfide) groups is 1. The molecule has 40 heavy (non-hydrogen) atoms. The Balaban J connectivity index is 0.000000366. The number of hydrogen-bond acceptors (Lipinski definition) is 7. The molecule has 0 saturated carbocycles. The van der Waals surface area contributed by atoms with Crippen molar-refractivity contribution in [2.24, 2.45) is 0 Å². The molecule has 0 aliphatic carbocycles. The number of rotatable bonds is 7. The number of benzene rings is 3. The number of ether oxygens (including phenoxy) is 1. The molecule has 0 aliphatic heterocycles. The molecule has 0 unspecified atom stereocenters. The lowest BCUT2D eigenvalue weighted by atomic mass is 10.2. The topological polar surface area (TPSA) is 135 Å². The predicted octanol–water partition coefficient (Wildman–Crippen LogP) is 6.85. The van der Waals surface area contributed by atoms with Crippen LogP contribution in [-0.2, 0) is 16.1 Å². The van der Waals surface area contributed by atoms with E-state index < -0.39 is 17.8 Å². The van der Waals surface area contributed by atoms with Crippen molar-refractivity contribution in [3.8, 4) is 23.6 Å². The van der Waals surface area contributed by atoms with Crippen molar-refractivity contribution in [3.63, 3.8) is 0 Å². The zero-order valence-corrected chi connectivity index (χ0v) is 23.9. The van der Waals surface area contributed by atoms with Crippen molar-refractivity contribution in [2.75, 3.05) is 20.4 Å². The molecule has 3 rings (SSSR count). The highest BCUT2D eigenvalue weighted by Crippen LogP contribution is 2.36. The van der Waals surface area contributed by atoms with Gasteiger partial charge in [-0.2, -0.15) is 10.5 Å². The fourth-order valence-electron chi connectivity index (χ4n) is 2.85. The number of halogens is 3. The van der Waals surface area contributed by atoms with Crippen LogP contribution in [0.2, 0.25) is 10.0 Å². The second-order valence-electron chi connectivity index (χ2n) is 7.79.